The summed E-state index contributed by atoms with van der Waals surface area (Å²) >= 11 is 0. The fourth-order valence-electron chi connectivity index (χ4n) is 3.24. The van der Waals surface area contributed by atoms with Crippen LogP contribution in [0.1, 0.15) is 25.7 Å². The van der Waals surface area contributed by atoms with Crippen molar-refractivity contribution in [2.24, 2.45) is 11.8 Å². The minimum Gasteiger partial charge on any atom is -0.357 e. The predicted octanol–water partition coefficient (Wildman–Crippen LogP) is 0.985. The van der Waals surface area contributed by atoms with Crippen molar-refractivity contribution in [2.75, 3.05) is 12.4 Å². The zero-order valence-electron chi connectivity index (χ0n) is 10.8. The number of aromatic nitrogens is 2. The molecule has 0 radical (unpaired) electrons. The third-order valence-electron chi connectivity index (χ3n) is 4.21. The van der Waals surface area contributed by atoms with Crippen LogP contribution in [-0.2, 0) is 10.0 Å². The highest BCUT2D eigenvalue weighted by Crippen LogP contribution is 2.44. The largest absolute Gasteiger partial charge is 0.357 e. The molecule has 1 heterocycles. The number of hydrogen-bond acceptors (Lipinski definition) is 5. The number of fused-ring (bicyclic) bond motifs is 2. The smallest absolute Gasteiger partial charge is 0.243 e. The van der Waals surface area contributed by atoms with Crippen molar-refractivity contribution >= 4 is 16.0 Å². The van der Waals surface area contributed by atoms with Crippen LogP contribution in [0.15, 0.2) is 17.3 Å². The second-order valence-electron chi connectivity index (χ2n) is 5.40. The fraction of sp³-hybridized carbons (Fsp3) is 0.667. The second-order valence-corrected chi connectivity index (χ2v) is 7.11. The Labute approximate surface area is 113 Å². The molecule has 3 unspecified atom stereocenters. The summed E-state index contributed by atoms with van der Waals surface area (Å²) in [6, 6.07) is 0.0905. The molecule has 2 N–H and O–H groups in total. The van der Waals surface area contributed by atoms with E-state index >= 15 is 0 Å². The van der Waals surface area contributed by atoms with Crippen molar-refractivity contribution in [3.63, 3.8) is 0 Å². The predicted molar refractivity (Wildman–Crippen MR) is 71.1 cm³/mol. The topological polar surface area (TPSA) is 84.0 Å². The minimum absolute atomic E-state index is 0.0905. The molecule has 2 bridgehead atoms. The summed E-state index contributed by atoms with van der Waals surface area (Å²) in [5, 5.41) is 2.76. The van der Waals surface area contributed by atoms with Crippen LogP contribution in [0.2, 0.25) is 0 Å². The van der Waals surface area contributed by atoms with E-state index in [1.807, 2.05) is 0 Å². The molecule has 7 heteroatoms. The molecule has 1 aromatic rings. The van der Waals surface area contributed by atoms with Gasteiger partial charge in [0.15, 0.2) is 0 Å². The van der Waals surface area contributed by atoms with E-state index in [0.717, 1.165) is 12.8 Å². The van der Waals surface area contributed by atoms with Crippen LogP contribution in [0.3, 0.4) is 0 Å². The maximum atomic E-state index is 12.3. The molecule has 0 aromatic carbocycles. The summed E-state index contributed by atoms with van der Waals surface area (Å²) in [5.41, 5.74) is 0. The van der Waals surface area contributed by atoms with Crippen molar-refractivity contribution in [1.29, 1.82) is 0 Å². The SMILES string of the molecule is CNc1ncc(S(=O)(=O)NC2CC3CCC2C3)cn1. The highest BCUT2D eigenvalue weighted by molar-refractivity contribution is 7.89. The molecule has 0 spiro atoms. The monoisotopic (exact) mass is 282 g/mol. The Morgan fingerprint density at radius 1 is 1.21 bits per heavy atom. The second kappa shape index (κ2) is 4.72. The van der Waals surface area contributed by atoms with Crippen molar-refractivity contribution < 1.29 is 8.42 Å². The average Bonchev–Trinajstić information content (AvgIpc) is 3.00. The lowest BCUT2D eigenvalue weighted by molar-refractivity contribution is 0.390. The van der Waals surface area contributed by atoms with Crippen LogP contribution in [0.5, 0.6) is 0 Å². The first-order chi connectivity index (χ1) is 9.08. The Morgan fingerprint density at radius 2 is 1.95 bits per heavy atom. The minimum atomic E-state index is -3.49. The first-order valence-corrected chi connectivity index (χ1v) is 8.09. The van der Waals surface area contributed by atoms with Gasteiger partial charge in [0.2, 0.25) is 16.0 Å². The third kappa shape index (κ3) is 2.44. The van der Waals surface area contributed by atoms with Gasteiger partial charge >= 0.3 is 0 Å². The van der Waals surface area contributed by atoms with Crippen LogP contribution in [-0.4, -0.2) is 31.5 Å². The summed E-state index contributed by atoms with van der Waals surface area (Å²) in [4.78, 5) is 8.02. The molecule has 2 aliphatic carbocycles. The van der Waals surface area contributed by atoms with Crippen molar-refractivity contribution in [1.82, 2.24) is 14.7 Å². The van der Waals surface area contributed by atoms with E-state index in [1.54, 1.807) is 7.05 Å². The Bertz CT molecular complexity index is 558. The van der Waals surface area contributed by atoms with Crippen molar-refractivity contribution in [3.8, 4) is 0 Å². The van der Waals surface area contributed by atoms with Crippen LogP contribution in [0.4, 0.5) is 5.95 Å². The Balaban J connectivity index is 1.75. The van der Waals surface area contributed by atoms with Gasteiger partial charge in [0, 0.05) is 13.1 Å². The Kier molecular flexibility index (Phi) is 3.18. The number of sulfonamides is 1. The lowest BCUT2D eigenvalue weighted by Crippen LogP contribution is -2.38. The summed E-state index contributed by atoms with van der Waals surface area (Å²) < 4.78 is 27.3. The number of rotatable bonds is 4. The van der Waals surface area contributed by atoms with Crippen LogP contribution in [0.25, 0.3) is 0 Å². The number of anilines is 1. The van der Waals surface area contributed by atoms with Crippen LogP contribution >= 0.6 is 0 Å². The molecular weight excluding hydrogens is 264 g/mol. The van der Waals surface area contributed by atoms with E-state index in [9.17, 15) is 8.42 Å². The normalized spacial score (nSPS) is 29.6. The maximum Gasteiger partial charge on any atom is 0.243 e. The molecule has 0 aliphatic heterocycles. The molecular formula is C12H18N4O2S. The van der Waals surface area contributed by atoms with E-state index < -0.39 is 10.0 Å². The molecule has 104 valence electrons. The van der Waals surface area contributed by atoms with Crippen LogP contribution in [0, 0.1) is 11.8 Å². The number of nitrogens with zero attached hydrogens (tertiary/aromatic N) is 2. The Hall–Kier alpha value is -1.21. The van der Waals surface area contributed by atoms with Gasteiger partial charge in [0.1, 0.15) is 4.90 Å². The van der Waals surface area contributed by atoms with E-state index in [0.29, 0.717) is 17.8 Å². The molecule has 0 amide bonds. The van der Waals surface area contributed by atoms with Gasteiger partial charge in [-0.2, -0.15) is 0 Å². The van der Waals surface area contributed by atoms with Gasteiger partial charge in [-0.15, -0.1) is 0 Å². The van der Waals surface area contributed by atoms with E-state index in [4.69, 9.17) is 0 Å². The van der Waals surface area contributed by atoms with Gasteiger partial charge in [-0.1, -0.05) is 6.42 Å². The third-order valence-corrected chi connectivity index (χ3v) is 5.65. The number of hydrogen-bond donors (Lipinski definition) is 2. The van der Waals surface area contributed by atoms with Crippen molar-refractivity contribution in [2.45, 2.75) is 36.6 Å². The molecule has 1 aromatic heterocycles. The van der Waals surface area contributed by atoms with Gasteiger partial charge in [-0.05, 0) is 31.1 Å². The molecule has 3 atom stereocenters. The average molecular weight is 282 g/mol. The van der Waals surface area contributed by atoms with E-state index in [-0.39, 0.29) is 10.9 Å². The van der Waals surface area contributed by atoms with Gasteiger partial charge in [0.05, 0.1) is 12.4 Å². The van der Waals surface area contributed by atoms with Crippen molar-refractivity contribution in [3.05, 3.63) is 12.4 Å². The molecule has 3 rings (SSSR count). The van der Waals surface area contributed by atoms with Gasteiger partial charge in [-0.3, -0.25) is 0 Å². The highest BCUT2D eigenvalue weighted by atomic mass is 32.2. The van der Waals surface area contributed by atoms with Crippen LogP contribution < -0.4 is 10.0 Å². The quantitative estimate of drug-likeness (QED) is 0.860. The summed E-state index contributed by atoms with van der Waals surface area (Å²) in [6.07, 6.45) is 7.22. The molecule has 2 fully saturated rings. The highest BCUT2D eigenvalue weighted by Gasteiger charge is 2.41. The zero-order valence-corrected chi connectivity index (χ0v) is 11.7. The van der Waals surface area contributed by atoms with Gasteiger partial charge in [0.25, 0.3) is 0 Å². The summed E-state index contributed by atoms with van der Waals surface area (Å²) in [5.74, 6) is 1.64. The summed E-state index contributed by atoms with van der Waals surface area (Å²) in [7, 11) is -1.80. The Morgan fingerprint density at radius 3 is 2.47 bits per heavy atom. The molecule has 0 saturated heterocycles. The lowest BCUT2D eigenvalue weighted by atomic mass is 9.96. The van der Waals surface area contributed by atoms with E-state index in [1.165, 1.54) is 25.2 Å². The zero-order chi connectivity index (χ0) is 13.5. The first-order valence-electron chi connectivity index (χ1n) is 6.60. The summed E-state index contributed by atoms with van der Waals surface area (Å²) in [6.45, 7) is 0. The standard InChI is InChI=1S/C12H18N4O2S/c1-13-12-14-6-10(7-15-12)19(17,18)16-11-5-8-2-3-9(11)4-8/h6-9,11,16H,2-5H2,1H3,(H,13,14,15). The van der Waals surface area contributed by atoms with Gasteiger partial charge < -0.3 is 5.32 Å². The van der Waals surface area contributed by atoms with E-state index in [2.05, 4.69) is 20.0 Å². The number of nitrogens with one attached hydrogen (secondary N) is 2. The molecule has 2 aliphatic rings. The molecule has 2 saturated carbocycles. The van der Waals surface area contributed by atoms with Gasteiger partial charge in [-0.25, -0.2) is 23.1 Å². The first kappa shape index (κ1) is 12.8. The lowest BCUT2D eigenvalue weighted by Gasteiger charge is -2.22. The molecule has 19 heavy (non-hydrogen) atoms. The maximum absolute atomic E-state index is 12.3. The molecule has 6 nitrogen and oxygen atoms in total. The fourth-order valence-corrected chi connectivity index (χ4v) is 4.45.